The summed E-state index contributed by atoms with van der Waals surface area (Å²) in [5.74, 6) is -0.398. The number of carbonyl (C=O) groups excluding carboxylic acids is 2. The first-order valence-electron chi connectivity index (χ1n) is 9.67. The summed E-state index contributed by atoms with van der Waals surface area (Å²) in [6.45, 7) is 5.15. The molecule has 0 fully saturated rings. The van der Waals surface area contributed by atoms with Crippen LogP contribution in [0.3, 0.4) is 0 Å². The van der Waals surface area contributed by atoms with Crippen molar-refractivity contribution in [1.29, 1.82) is 0 Å². The van der Waals surface area contributed by atoms with Crippen LogP contribution in [0.4, 0.5) is 5.69 Å². The quantitative estimate of drug-likeness (QED) is 0.367. The summed E-state index contributed by atoms with van der Waals surface area (Å²) in [4.78, 5) is 23.9. The Morgan fingerprint density at radius 2 is 1.66 bits per heavy atom. The van der Waals surface area contributed by atoms with Gasteiger partial charge in [0.2, 0.25) is 10.0 Å². The van der Waals surface area contributed by atoms with Crippen LogP contribution >= 0.6 is 0 Å². The highest BCUT2D eigenvalue weighted by Crippen LogP contribution is 2.16. The van der Waals surface area contributed by atoms with E-state index in [-0.39, 0.29) is 6.61 Å². The second-order valence-corrected chi connectivity index (χ2v) is 9.93. The van der Waals surface area contributed by atoms with Crippen LogP contribution in [-0.4, -0.2) is 52.0 Å². The zero-order valence-electron chi connectivity index (χ0n) is 18.7. The van der Waals surface area contributed by atoms with Gasteiger partial charge in [0.25, 0.3) is 5.91 Å². The molecule has 1 N–H and O–H groups in total. The molecule has 1 amide bonds. The summed E-state index contributed by atoms with van der Waals surface area (Å²) in [5, 5.41) is 3.91. The Bertz CT molecular complexity index is 1070. The molecule has 0 unspecified atom stereocenters. The van der Waals surface area contributed by atoms with E-state index in [2.05, 4.69) is 10.5 Å². The molecule has 0 aliphatic carbocycles. The Morgan fingerprint density at radius 1 is 1.06 bits per heavy atom. The van der Waals surface area contributed by atoms with Crippen LogP contribution in [0.15, 0.2) is 53.6 Å². The molecule has 172 valence electrons. The number of anilines is 1. The average Bonchev–Trinajstić information content (AvgIpc) is 2.71. The molecule has 0 saturated heterocycles. The summed E-state index contributed by atoms with van der Waals surface area (Å²) in [7, 11) is -1.94. The van der Waals surface area contributed by atoms with Crippen LogP contribution in [0.5, 0.6) is 5.75 Å². The molecule has 10 heteroatoms. The van der Waals surface area contributed by atoms with Crippen LogP contribution in [-0.2, 0) is 19.6 Å². The van der Waals surface area contributed by atoms with Gasteiger partial charge in [-0.2, -0.15) is 5.10 Å². The number of hydrogen-bond donors (Lipinski definition) is 1. The second-order valence-electron chi connectivity index (χ2n) is 7.92. The summed E-state index contributed by atoms with van der Waals surface area (Å²) in [6.07, 6.45) is 2.56. The smallest absolute Gasteiger partial charge is 0.344 e. The number of rotatable bonds is 8. The van der Waals surface area contributed by atoms with Crippen molar-refractivity contribution in [3.63, 3.8) is 0 Å². The summed E-state index contributed by atoms with van der Waals surface area (Å²) >= 11 is 0. The number of nitrogens with one attached hydrogen (secondary N) is 1. The third kappa shape index (κ3) is 8.03. The van der Waals surface area contributed by atoms with E-state index in [0.717, 1.165) is 10.6 Å². The van der Waals surface area contributed by atoms with Crippen LogP contribution in [0.2, 0.25) is 0 Å². The van der Waals surface area contributed by atoms with Crippen molar-refractivity contribution >= 4 is 33.8 Å². The largest absolute Gasteiger partial charge is 0.482 e. The number of esters is 1. The molecule has 32 heavy (non-hydrogen) atoms. The summed E-state index contributed by atoms with van der Waals surface area (Å²) in [6, 6.07) is 12.9. The number of hydrogen-bond acceptors (Lipinski definition) is 7. The van der Waals surface area contributed by atoms with Crippen LogP contribution in [0, 0.1) is 0 Å². The predicted octanol–water partition coefficient (Wildman–Crippen LogP) is 2.57. The fraction of sp³-hybridized carbons (Fsp3) is 0.318. The molecular formula is C22H27N3O6S. The molecule has 0 bridgehead atoms. The maximum atomic E-state index is 12.2. The number of ether oxygens (including phenoxy) is 2. The molecule has 2 rings (SSSR count). The van der Waals surface area contributed by atoms with Crippen molar-refractivity contribution in [3.8, 4) is 5.75 Å². The van der Waals surface area contributed by atoms with E-state index in [1.54, 1.807) is 45.0 Å². The van der Waals surface area contributed by atoms with E-state index in [4.69, 9.17) is 9.47 Å². The number of nitrogens with zero attached hydrogens (tertiary/aromatic N) is 2. The zero-order chi connectivity index (χ0) is 23.9. The van der Waals surface area contributed by atoms with Crippen molar-refractivity contribution in [2.24, 2.45) is 5.10 Å². The number of sulfonamides is 1. The van der Waals surface area contributed by atoms with Crippen molar-refractivity contribution < 1.29 is 27.5 Å². The molecular weight excluding hydrogens is 434 g/mol. The fourth-order valence-electron chi connectivity index (χ4n) is 2.41. The SMILES string of the molecule is CN(c1ccc(C(=O)N/N=C\c2ccc(OCC(=O)OC(C)(C)C)cc2)cc1)S(C)(=O)=O. The van der Waals surface area contributed by atoms with Gasteiger partial charge in [-0.05, 0) is 74.9 Å². The maximum Gasteiger partial charge on any atom is 0.344 e. The first-order chi connectivity index (χ1) is 14.8. The first-order valence-corrected chi connectivity index (χ1v) is 11.5. The average molecular weight is 462 g/mol. The topological polar surface area (TPSA) is 114 Å². The maximum absolute atomic E-state index is 12.2. The van der Waals surface area contributed by atoms with E-state index < -0.39 is 27.5 Å². The lowest BCUT2D eigenvalue weighted by Crippen LogP contribution is -2.27. The molecule has 0 aromatic heterocycles. The van der Waals surface area contributed by atoms with Gasteiger partial charge in [-0.3, -0.25) is 9.10 Å². The van der Waals surface area contributed by atoms with Gasteiger partial charge >= 0.3 is 5.97 Å². The number of carbonyl (C=O) groups is 2. The standard InChI is InChI=1S/C22H27N3O6S/c1-22(2,3)31-20(26)15-30-19-12-6-16(7-13-19)14-23-24-21(27)17-8-10-18(11-9-17)25(4)32(5,28)29/h6-14H,15H2,1-5H3,(H,24,27)/b23-14-. The lowest BCUT2D eigenvalue weighted by molar-refractivity contribution is -0.157. The highest BCUT2D eigenvalue weighted by Gasteiger charge is 2.16. The lowest BCUT2D eigenvalue weighted by atomic mass is 10.2. The molecule has 0 saturated carbocycles. The van der Waals surface area contributed by atoms with Gasteiger partial charge in [0.05, 0.1) is 18.2 Å². The predicted molar refractivity (Wildman–Crippen MR) is 123 cm³/mol. The minimum atomic E-state index is -3.37. The first kappa shape index (κ1) is 24.9. The monoisotopic (exact) mass is 461 g/mol. The Hall–Kier alpha value is -3.40. The van der Waals surface area contributed by atoms with Crippen molar-refractivity contribution in [2.75, 3.05) is 24.2 Å². The van der Waals surface area contributed by atoms with E-state index >= 15 is 0 Å². The van der Waals surface area contributed by atoms with Crippen LogP contribution in [0.25, 0.3) is 0 Å². The van der Waals surface area contributed by atoms with E-state index in [1.807, 2.05) is 0 Å². The van der Waals surface area contributed by atoms with Crippen molar-refractivity contribution in [3.05, 3.63) is 59.7 Å². The van der Waals surface area contributed by atoms with E-state index in [0.29, 0.717) is 22.6 Å². The molecule has 0 spiro atoms. The molecule has 2 aromatic rings. The molecule has 2 aromatic carbocycles. The Morgan fingerprint density at radius 3 is 2.19 bits per heavy atom. The fourth-order valence-corrected chi connectivity index (χ4v) is 2.91. The number of benzene rings is 2. The Kier molecular flexibility index (Phi) is 7.98. The van der Waals surface area contributed by atoms with Crippen LogP contribution in [0.1, 0.15) is 36.7 Å². The molecule has 0 aliphatic heterocycles. The van der Waals surface area contributed by atoms with Gasteiger partial charge in [-0.25, -0.2) is 18.6 Å². The molecule has 0 atom stereocenters. The van der Waals surface area contributed by atoms with Gasteiger partial charge < -0.3 is 9.47 Å². The third-order valence-corrected chi connectivity index (χ3v) is 5.23. The zero-order valence-corrected chi connectivity index (χ0v) is 19.5. The highest BCUT2D eigenvalue weighted by molar-refractivity contribution is 7.92. The van der Waals surface area contributed by atoms with Crippen molar-refractivity contribution in [2.45, 2.75) is 26.4 Å². The third-order valence-electron chi connectivity index (χ3n) is 4.03. The summed E-state index contributed by atoms with van der Waals surface area (Å²) < 4.78 is 34.8. The highest BCUT2D eigenvalue weighted by atomic mass is 32.2. The Labute approximate surface area is 188 Å². The molecule has 0 heterocycles. The van der Waals surface area contributed by atoms with E-state index in [9.17, 15) is 18.0 Å². The van der Waals surface area contributed by atoms with E-state index in [1.165, 1.54) is 37.5 Å². The van der Waals surface area contributed by atoms with Gasteiger partial charge in [0.1, 0.15) is 11.4 Å². The minimum absolute atomic E-state index is 0.195. The van der Waals surface area contributed by atoms with Gasteiger partial charge in [0.15, 0.2) is 6.61 Å². The second kappa shape index (κ2) is 10.3. The molecule has 9 nitrogen and oxygen atoms in total. The number of hydrazone groups is 1. The van der Waals surface area contributed by atoms with Crippen molar-refractivity contribution in [1.82, 2.24) is 5.43 Å². The van der Waals surface area contributed by atoms with Gasteiger partial charge in [-0.1, -0.05) is 0 Å². The summed E-state index contributed by atoms with van der Waals surface area (Å²) in [5.41, 5.74) is 3.33. The van der Waals surface area contributed by atoms with Crippen LogP contribution < -0.4 is 14.5 Å². The Balaban J connectivity index is 1.87. The van der Waals surface area contributed by atoms with Gasteiger partial charge in [-0.15, -0.1) is 0 Å². The van der Waals surface area contributed by atoms with Gasteiger partial charge in [0, 0.05) is 12.6 Å². The molecule has 0 radical (unpaired) electrons. The molecule has 0 aliphatic rings. The number of amides is 1. The minimum Gasteiger partial charge on any atom is -0.482 e. The normalized spacial score (nSPS) is 11.8. The lowest BCUT2D eigenvalue weighted by Gasteiger charge is -2.19.